The minimum Gasteiger partial charge on any atom is -0.417 e. The van der Waals surface area contributed by atoms with Crippen LogP contribution in [0.15, 0.2) is 30.3 Å². The van der Waals surface area contributed by atoms with E-state index in [1.807, 2.05) is 0 Å². The molecule has 0 amide bonds. The summed E-state index contributed by atoms with van der Waals surface area (Å²) in [5.41, 5.74) is 1.34. The third-order valence-corrected chi connectivity index (χ3v) is 11.6. The Morgan fingerprint density at radius 1 is 0.645 bits per heavy atom. The van der Waals surface area contributed by atoms with Crippen LogP contribution in [0.1, 0.15) is 116 Å². The lowest BCUT2D eigenvalue weighted by Crippen LogP contribution is -2.36. The smallest absolute Gasteiger partial charge is 0.191 e. The summed E-state index contributed by atoms with van der Waals surface area (Å²) in [5, 5.41) is 0. The predicted molar refractivity (Wildman–Crippen MR) is 139 cm³/mol. The summed E-state index contributed by atoms with van der Waals surface area (Å²) in [5.74, 6) is 0. The number of benzene rings is 1. The van der Waals surface area contributed by atoms with Gasteiger partial charge in [0.15, 0.2) is 8.32 Å². The van der Waals surface area contributed by atoms with Gasteiger partial charge in [-0.2, -0.15) is 0 Å². The molecule has 31 heavy (non-hydrogen) atoms. The largest absolute Gasteiger partial charge is 0.417 e. The molecule has 0 saturated carbocycles. The van der Waals surface area contributed by atoms with E-state index in [1.54, 1.807) is 0 Å². The summed E-state index contributed by atoms with van der Waals surface area (Å²) < 4.78 is 12.8. The molecular weight excluding hydrogens is 396 g/mol. The first-order valence-corrected chi connectivity index (χ1v) is 16.0. The monoisotopic (exact) mass is 448 g/mol. The van der Waals surface area contributed by atoms with E-state index in [2.05, 4.69) is 58.0 Å². The molecule has 0 N–H and O–H groups in total. The molecule has 1 aromatic rings. The fourth-order valence-electron chi connectivity index (χ4n) is 4.43. The maximum absolute atomic E-state index is 6.41. The quantitative estimate of drug-likeness (QED) is 0.138. The van der Waals surface area contributed by atoms with Crippen molar-refractivity contribution in [1.29, 1.82) is 0 Å². The van der Waals surface area contributed by atoms with Crippen molar-refractivity contribution in [3.63, 3.8) is 0 Å². The number of unbranched alkanes of at least 4 members (excludes halogenated alkanes) is 9. The molecule has 1 atom stereocenters. The molecule has 0 fully saturated rings. The van der Waals surface area contributed by atoms with Crippen molar-refractivity contribution in [2.75, 3.05) is 13.2 Å². The molecular formula is C28H52O2Si. The van der Waals surface area contributed by atoms with Gasteiger partial charge in [-0.1, -0.05) is 116 Å². The van der Waals surface area contributed by atoms with Gasteiger partial charge in [0.05, 0.1) is 6.10 Å². The van der Waals surface area contributed by atoms with E-state index in [-0.39, 0.29) is 6.10 Å². The van der Waals surface area contributed by atoms with E-state index in [1.165, 1.54) is 94.3 Å². The normalized spacial score (nSPS) is 12.9. The molecule has 0 aliphatic heterocycles. The molecule has 3 heteroatoms. The van der Waals surface area contributed by atoms with Gasteiger partial charge in [0.1, 0.15) is 0 Å². The Hall–Kier alpha value is -0.643. The maximum atomic E-state index is 6.41. The molecule has 2 nitrogen and oxygen atoms in total. The lowest BCUT2D eigenvalue weighted by atomic mass is 10.0. The Labute approximate surface area is 195 Å². The van der Waals surface area contributed by atoms with Crippen LogP contribution in [-0.4, -0.2) is 21.5 Å². The van der Waals surface area contributed by atoms with Crippen molar-refractivity contribution in [3.05, 3.63) is 35.9 Å². The van der Waals surface area contributed by atoms with E-state index in [0.717, 1.165) is 19.6 Å². The Kier molecular flexibility index (Phi) is 17.3. The topological polar surface area (TPSA) is 18.5 Å². The third kappa shape index (κ3) is 12.8. The van der Waals surface area contributed by atoms with Crippen LogP contribution in [0.25, 0.3) is 0 Å². The van der Waals surface area contributed by atoms with E-state index >= 15 is 0 Å². The molecule has 1 aromatic carbocycles. The molecule has 0 radical (unpaired) electrons. The van der Waals surface area contributed by atoms with Gasteiger partial charge in [0, 0.05) is 13.2 Å². The highest BCUT2D eigenvalue weighted by Gasteiger charge is 2.28. The van der Waals surface area contributed by atoms with Gasteiger partial charge >= 0.3 is 0 Å². The van der Waals surface area contributed by atoms with Crippen LogP contribution in [0.4, 0.5) is 0 Å². The minimum atomic E-state index is -1.42. The molecule has 0 heterocycles. The highest BCUT2D eigenvalue weighted by molar-refractivity contribution is 6.73. The van der Waals surface area contributed by atoms with Gasteiger partial charge in [0.25, 0.3) is 0 Å². The van der Waals surface area contributed by atoms with Crippen LogP contribution in [0.5, 0.6) is 0 Å². The zero-order valence-electron chi connectivity index (χ0n) is 21.3. The molecule has 0 aromatic heterocycles. The van der Waals surface area contributed by atoms with Crippen LogP contribution in [-0.2, 0) is 9.16 Å². The summed E-state index contributed by atoms with van der Waals surface area (Å²) in [6, 6.07) is 14.6. The van der Waals surface area contributed by atoms with Crippen LogP contribution in [0.3, 0.4) is 0 Å². The Morgan fingerprint density at radius 2 is 1.19 bits per heavy atom. The van der Waals surface area contributed by atoms with Crippen LogP contribution in [0.2, 0.25) is 18.1 Å². The maximum Gasteiger partial charge on any atom is 0.191 e. The second-order valence-corrected chi connectivity index (χ2v) is 14.0. The van der Waals surface area contributed by atoms with E-state index in [0.29, 0.717) is 0 Å². The second kappa shape index (κ2) is 18.9. The standard InChI is InChI=1S/C28H52O2Si/c1-5-9-10-11-12-13-14-20-25-29-28(27-22-17-15-18-23-27)24-19-16-21-26-30-31(6-2,7-3)8-4/h15,17-18,22-23,28H,5-14,16,19-21,24-26H2,1-4H3. The molecule has 180 valence electrons. The Bertz CT molecular complexity index is 493. The van der Waals surface area contributed by atoms with E-state index in [4.69, 9.17) is 9.16 Å². The van der Waals surface area contributed by atoms with Crippen LogP contribution < -0.4 is 0 Å². The SMILES string of the molecule is CCCCCCCCCCOC(CCCCCO[Si](CC)(CC)CC)c1ccccc1. The molecule has 0 bridgehead atoms. The van der Waals surface area contributed by atoms with Crippen LogP contribution in [0, 0.1) is 0 Å². The number of rotatable bonds is 21. The van der Waals surface area contributed by atoms with Crippen LogP contribution >= 0.6 is 0 Å². The highest BCUT2D eigenvalue weighted by Crippen LogP contribution is 2.25. The fraction of sp³-hybridized carbons (Fsp3) is 0.786. The average molecular weight is 449 g/mol. The highest BCUT2D eigenvalue weighted by atomic mass is 28.4. The molecule has 0 spiro atoms. The average Bonchev–Trinajstić information content (AvgIpc) is 2.82. The first kappa shape index (κ1) is 28.4. The molecule has 1 unspecified atom stereocenters. The molecule has 0 aliphatic carbocycles. The summed E-state index contributed by atoms with van der Waals surface area (Å²) in [6.07, 6.45) is 15.8. The molecule has 1 rings (SSSR count). The fourth-order valence-corrected chi connectivity index (χ4v) is 7.12. The van der Waals surface area contributed by atoms with Crippen molar-refractivity contribution in [3.8, 4) is 0 Å². The van der Waals surface area contributed by atoms with E-state index in [9.17, 15) is 0 Å². The zero-order valence-corrected chi connectivity index (χ0v) is 22.3. The van der Waals surface area contributed by atoms with Crippen molar-refractivity contribution < 1.29 is 9.16 Å². The zero-order chi connectivity index (χ0) is 22.6. The summed E-state index contributed by atoms with van der Waals surface area (Å²) in [6.45, 7) is 11.1. The van der Waals surface area contributed by atoms with Gasteiger partial charge in [-0.15, -0.1) is 0 Å². The number of hydrogen-bond donors (Lipinski definition) is 0. The molecule has 0 aliphatic rings. The van der Waals surface area contributed by atoms with Crippen molar-refractivity contribution in [2.45, 2.75) is 129 Å². The summed E-state index contributed by atoms with van der Waals surface area (Å²) in [7, 11) is -1.42. The summed E-state index contributed by atoms with van der Waals surface area (Å²) >= 11 is 0. The van der Waals surface area contributed by atoms with Crippen molar-refractivity contribution >= 4 is 8.32 Å². The van der Waals surface area contributed by atoms with Gasteiger partial charge in [-0.05, 0) is 43.0 Å². The van der Waals surface area contributed by atoms with Gasteiger partial charge < -0.3 is 9.16 Å². The van der Waals surface area contributed by atoms with Crippen molar-refractivity contribution in [1.82, 2.24) is 0 Å². The van der Waals surface area contributed by atoms with Gasteiger partial charge in [-0.25, -0.2) is 0 Å². The molecule has 0 saturated heterocycles. The van der Waals surface area contributed by atoms with Gasteiger partial charge in [0.2, 0.25) is 0 Å². The number of ether oxygens (including phenoxy) is 1. The van der Waals surface area contributed by atoms with Gasteiger partial charge in [-0.3, -0.25) is 0 Å². The first-order chi connectivity index (χ1) is 15.2. The summed E-state index contributed by atoms with van der Waals surface area (Å²) in [4.78, 5) is 0. The predicted octanol–water partition coefficient (Wildman–Crippen LogP) is 9.47. The lowest BCUT2D eigenvalue weighted by molar-refractivity contribution is 0.0419. The number of hydrogen-bond acceptors (Lipinski definition) is 2. The Balaban J connectivity index is 2.25. The lowest BCUT2D eigenvalue weighted by Gasteiger charge is -2.28. The third-order valence-electron chi connectivity index (χ3n) is 6.94. The second-order valence-electron chi connectivity index (χ2n) is 9.19. The minimum absolute atomic E-state index is 0.252. The van der Waals surface area contributed by atoms with E-state index < -0.39 is 8.32 Å². The Morgan fingerprint density at radius 3 is 1.81 bits per heavy atom. The van der Waals surface area contributed by atoms with Crippen molar-refractivity contribution in [2.24, 2.45) is 0 Å². The first-order valence-electron chi connectivity index (χ1n) is 13.5.